The van der Waals surface area contributed by atoms with E-state index in [1.165, 1.54) is 6.08 Å². The van der Waals surface area contributed by atoms with Crippen LogP contribution in [-0.2, 0) is 22.6 Å². The minimum atomic E-state index is -0.395. The average molecular weight is 348 g/mol. The van der Waals surface area contributed by atoms with Crippen LogP contribution in [0.3, 0.4) is 0 Å². The number of imidazole rings is 1. The summed E-state index contributed by atoms with van der Waals surface area (Å²) in [4.78, 5) is 28.6. The predicted molar refractivity (Wildman–Crippen MR) is 101 cm³/mol. The Morgan fingerprint density at radius 1 is 1.04 bits per heavy atom. The van der Waals surface area contributed by atoms with Gasteiger partial charge < -0.3 is 4.57 Å². The number of benzene rings is 2. The van der Waals surface area contributed by atoms with Gasteiger partial charge in [0.15, 0.2) is 0 Å². The van der Waals surface area contributed by atoms with Crippen LogP contribution in [0.25, 0.3) is 17.1 Å². The van der Waals surface area contributed by atoms with Gasteiger partial charge in [-0.15, -0.1) is 0 Å². The van der Waals surface area contributed by atoms with E-state index in [-0.39, 0.29) is 12.5 Å². The van der Waals surface area contributed by atoms with Crippen molar-refractivity contribution >= 4 is 28.9 Å². The molecule has 0 spiro atoms. The zero-order valence-electron chi connectivity index (χ0n) is 14.5. The van der Waals surface area contributed by atoms with Crippen molar-refractivity contribution in [3.05, 3.63) is 72.1 Å². The van der Waals surface area contributed by atoms with Crippen LogP contribution < -0.4 is 10.9 Å². The second kappa shape index (κ2) is 8.11. The molecule has 1 aromatic heterocycles. The van der Waals surface area contributed by atoms with Crippen molar-refractivity contribution in [1.82, 2.24) is 20.4 Å². The first-order valence-corrected chi connectivity index (χ1v) is 8.43. The molecule has 1 heterocycles. The van der Waals surface area contributed by atoms with Crippen molar-refractivity contribution in [3.8, 4) is 0 Å². The first-order chi connectivity index (χ1) is 12.7. The number of amides is 2. The highest BCUT2D eigenvalue weighted by Gasteiger charge is 2.12. The summed E-state index contributed by atoms with van der Waals surface area (Å²) in [6.45, 7) is 2.08. The molecular weight excluding hydrogens is 328 g/mol. The molecule has 0 bridgehead atoms. The predicted octanol–water partition coefficient (Wildman–Crippen LogP) is 2.46. The van der Waals surface area contributed by atoms with Crippen LogP contribution in [0.1, 0.15) is 18.3 Å². The highest BCUT2D eigenvalue weighted by atomic mass is 16.2. The average Bonchev–Trinajstić information content (AvgIpc) is 3.03. The molecule has 3 aromatic rings. The second-order valence-electron chi connectivity index (χ2n) is 5.74. The molecule has 0 fully saturated rings. The normalized spacial score (nSPS) is 11.0. The van der Waals surface area contributed by atoms with Crippen molar-refractivity contribution < 1.29 is 9.59 Å². The molecule has 6 heteroatoms. The Labute approximate surface area is 151 Å². The monoisotopic (exact) mass is 348 g/mol. The topological polar surface area (TPSA) is 76.0 Å². The van der Waals surface area contributed by atoms with Gasteiger partial charge in [-0.05, 0) is 23.8 Å². The smallest absolute Gasteiger partial charge is 0.262 e. The van der Waals surface area contributed by atoms with Crippen LogP contribution in [0.15, 0.2) is 60.7 Å². The van der Waals surface area contributed by atoms with E-state index in [1.54, 1.807) is 6.08 Å². The molecular formula is C20H20N4O2. The number of nitrogens with zero attached hydrogens (tertiary/aromatic N) is 2. The number of hydrogen-bond donors (Lipinski definition) is 2. The number of aryl methyl sites for hydroxylation is 1. The van der Waals surface area contributed by atoms with Crippen LogP contribution in [0.4, 0.5) is 0 Å². The van der Waals surface area contributed by atoms with Crippen LogP contribution >= 0.6 is 0 Å². The highest BCUT2D eigenvalue weighted by Crippen LogP contribution is 2.16. The largest absolute Gasteiger partial charge is 0.318 e. The molecule has 132 valence electrons. The Morgan fingerprint density at radius 2 is 1.77 bits per heavy atom. The molecule has 0 saturated heterocycles. The SMILES string of the molecule is CCc1nc2ccccc2n1CC(=O)NNC(=O)/C=C/c1ccccc1. The number of para-hydroxylation sites is 2. The summed E-state index contributed by atoms with van der Waals surface area (Å²) < 4.78 is 1.86. The summed E-state index contributed by atoms with van der Waals surface area (Å²) in [5.41, 5.74) is 7.49. The summed E-state index contributed by atoms with van der Waals surface area (Å²) in [6, 6.07) is 17.1. The van der Waals surface area contributed by atoms with Gasteiger partial charge in [0, 0.05) is 12.5 Å². The summed E-state index contributed by atoms with van der Waals surface area (Å²) in [7, 11) is 0. The molecule has 2 aromatic carbocycles. The van der Waals surface area contributed by atoms with Crippen LogP contribution in [0, 0.1) is 0 Å². The molecule has 2 amide bonds. The van der Waals surface area contributed by atoms with Gasteiger partial charge in [0.05, 0.1) is 11.0 Å². The first-order valence-electron chi connectivity index (χ1n) is 8.43. The lowest BCUT2D eigenvalue weighted by atomic mass is 10.2. The summed E-state index contributed by atoms with van der Waals surface area (Å²) >= 11 is 0. The van der Waals surface area contributed by atoms with E-state index in [0.717, 1.165) is 22.4 Å². The van der Waals surface area contributed by atoms with Gasteiger partial charge in [0.1, 0.15) is 12.4 Å². The van der Waals surface area contributed by atoms with E-state index < -0.39 is 5.91 Å². The number of carbonyl (C=O) groups excluding carboxylic acids is 2. The van der Waals surface area contributed by atoms with Gasteiger partial charge in [-0.1, -0.05) is 49.4 Å². The molecule has 0 aliphatic carbocycles. The van der Waals surface area contributed by atoms with E-state index in [9.17, 15) is 9.59 Å². The zero-order chi connectivity index (χ0) is 18.4. The minimum Gasteiger partial charge on any atom is -0.318 e. The molecule has 0 radical (unpaired) electrons. The quantitative estimate of drug-likeness (QED) is 0.549. The van der Waals surface area contributed by atoms with Gasteiger partial charge in [0.2, 0.25) is 0 Å². The standard InChI is InChI=1S/C20H20N4O2/c1-2-18-21-16-10-6-7-11-17(16)24(18)14-20(26)23-22-19(25)13-12-15-8-4-3-5-9-15/h3-13H,2,14H2,1H3,(H,22,25)(H,23,26)/b13-12+. The fourth-order valence-corrected chi connectivity index (χ4v) is 2.66. The molecule has 0 atom stereocenters. The van der Waals surface area contributed by atoms with Crippen molar-refractivity contribution in [2.75, 3.05) is 0 Å². The van der Waals surface area contributed by atoms with Crippen molar-refractivity contribution in [2.24, 2.45) is 0 Å². The fraction of sp³-hybridized carbons (Fsp3) is 0.150. The molecule has 0 aliphatic rings. The van der Waals surface area contributed by atoms with Gasteiger partial charge in [0.25, 0.3) is 11.8 Å². The van der Waals surface area contributed by atoms with Crippen LogP contribution in [-0.4, -0.2) is 21.4 Å². The molecule has 0 aliphatic heterocycles. The molecule has 26 heavy (non-hydrogen) atoms. The lowest BCUT2D eigenvalue weighted by Crippen LogP contribution is -2.42. The van der Waals surface area contributed by atoms with Crippen molar-refractivity contribution in [1.29, 1.82) is 0 Å². The Kier molecular flexibility index (Phi) is 5.43. The second-order valence-corrected chi connectivity index (χ2v) is 5.74. The lowest BCUT2D eigenvalue weighted by molar-refractivity contribution is -0.127. The fourth-order valence-electron chi connectivity index (χ4n) is 2.66. The maximum atomic E-state index is 12.2. The zero-order valence-corrected chi connectivity index (χ0v) is 14.5. The van der Waals surface area contributed by atoms with Crippen molar-refractivity contribution in [2.45, 2.75) is 19.9 Å². The van der Waals surface area contributed by atoms with Gasteiger partial charge in [-0.2, -0.15) is 0 Å². The van der Waals surface area contributed by atoms with Gasteiger partial charge in [-0.3, -0.25) is 20.4 Å². The van der Waals surface area contributed by atoms with E-state index in [0.29, 0.717) is 6.42 Å². The third-order valence-electron chi connectivity index (χ3n) is 3.90. The maximum absolute atomic E-state index is 12.2. The Hall–Kier alpha value is -3.41. The number of aromatic nitrogens is 2. The van der Waals surface area contributed by atoms with Gasteiger partial charge >= 0.3 is 0 Å². The Balaban J connectivity index is 1.59. The molecule has 2 N–H and O–H groups in total. The van der Waals surface area contributed by atoms with E-state index in [4.69, 9.17) is 0 Å². The number of nitrogens with one attached hydrogen (secondary N) is 2. The van der Waals surface area contributed by atoms with E-state index >= 15 is 0 Å². The van der Waals surface area contributed by atoms with Crippen molar-refractivity contribution in [3.63, 3.8) is 0 Å². The Bertz CT molecular complexity index is 945. The number of hydrogen-bond acceptors (Lipinski definition) is 3. The van der Waals surface area contributed by atoms with E-state index in [2.05, 4.69) is 15.8 Å². The number of rotatable bonds is 5. The van der Waals surface area contributed by atoms with Crippen LogP contribution in [0.2, 0.25) is 0 Å². The summed E-state index contributed by atoms with van der Waals surface area (Å²) in [5.74, 6) is 0.120. The molecule has 0 unspecified atom stereocenters. The summed E-state index contributed by atoms with van der Waals surface area (Å²) in [5, 5.41) is 0. The maximum Gasteiger partial charge on any atom is 0.262 e. The number of hydrazine groups is 1. The molecule has 3 rings (SSSR count). The van der Waals surface area contributed by atoms with Crippen LogP contribution in [0.5, 0.6) is 0 Å². The Morgan fingerprint density at radius 3 is 2.54 bits per heavy atom. The molecule has 0 saturated carbocycles. The first kappa shape index (κ1) is 17.4. The molecule has 6 nitrogen and oxygen atoms in total. The van der Waals surface area contributed by atoms with Gasteiger partial charge in [-0.25, -0.2) is 4.98 Å². The lowest BCUT2D eigenvalue weighted by Gasteiger charge is -2.09. The highest BCUT2D eigenvalue weighted by molar-refractivity contribution is 5.93. The van der Waals surface area contributed by atoms with E-state index in [1.807, 2.05) is 66.1 Å². The third-order valence-corrected chi connectivity index (χ3v) is 3.90. The number of carbonyl (C=O) groups is 2. The minimum absolute atomic E-state index is 0.0896. The summed E-state index contributed by atoms with van der Waals surface area (Å²) in [6.07, 6.45) is 3.77. The third kappa shape index (κ3) is 4.16. The number of fused-ring (bicyclic) bond motifs is 1.